The highest BCUT2D eigenvalue weighted by molar-refractivity contribution is 6.24. The molecular formula is C20H25N3O3. The summed E-state index contributed by atoms with van der Waals surface area (Å²) in [6.07, 6.45) is 7.80. The van der Waals surface area contributed by atoms with Crippen LogP contribution in [0, 0.1) is 5.41 Å². The van der Waals surface area contributed by atoms with Crippen molar-refractivity contribution in [2.45, 2.75) is 51.7 Å². The lowest BCUT2D eigenvalue weighted by Gasteiger charge is -2.22. The van der Waals surface area contributed by atoms with E-state index in [0.717, 1.165) is 36.8 Å². The van der Waals surface area contributed by atoms with Gasteiger partial charge < -0.3 is 19.9 Å². The van der Waals surface area contributed by atoms with Crippen LogP contribution in [-0.2, 0) is 4.74 Å². The Morgan fingerprint density at radius 2 is 1.54 bits per heavy atom. The summed E-state index contributed by atoms with van der Waals surface area (Å²) in [5.74, 6) is 1.87. The van der Waals surface area contributed by atoms with Crippen LogP contribution < -0.4 is 15.2 Å². The van der Waals surface area contributed by atoms with Gasteiger partial charge in [-0.3, -0.25) is 5.41 Å². The fourth-order valence-corrected chi connectivity index (χ4v) is 3.72. The highest BCUT2D eigenvalue weighted by Crippen LogP contribution is 2.56. The Bertz CT molecular complexity index is 813. The fourth-order valence-electron chi connectivity index (χ4n) is 3.72. The molecule has 2 atom stereocenters. The summed E-state index contributed by atoms with van der Waals surface area (Å²) < 4.78 is 18.4. The number of fused-ring (bicyclic) bond motifs is 6. The third-order valence-electron chi connectivity index (χ3n) is 5.02. The van der Waals surface area contributed by atoms with Crippen molar-refractivity contribution >= 4 is 11.7 Å². The molecule has 138 valence electrons. The number of rotatable bonds is 8. The summed E-state index contributed by atoms with van der Waals surface area (Å²) >= 11 is 0. The Kier molecular flexibility index (Phi) is 4.44. The zero-order valence-corrected chi connectivity index (χ0v) is 15.3. The third kappa shape index (κ3) is 2.51. The normalized spacial score (nSPS) is 21.8. The molecule has 0 fully saturated rings. The first kappa shape index (κ1) is 17.1. The van der Waals surface area contributed by atoms with E-state index in [-0.39, 0.29) is 18.0 Å². The lowest BCUT2D eigenvalue weighted by molar-refractivity contribution is 0.0856. The van der Waals surface area contributed by atoms with Gasteiger partial charge in [-0.2, -0.15) is 0 Å². The van der Waals surface area contributed by atoms with Gasteiger partial charge in [0.15, 0.2) is 5.84 Å². The van der Waals surface area contributed by atoms with E-state index in [9.17, 15) is 0 Å². The van der Waals surface area contributed by atoms with Crippen LogP contribution in [0.15, 0.2) is 17.1 Å². The molecular weight excluding hydrogens is 330 g/mol. The zero-order valence-electron chi connectivity index (χ0n) is 15.3. The van der Waals surface area contributed by atoms with Crippen LogP contribution >= 0.6 is 0 Å². The largest absolute Gasteiger partial charge is 0.492 e. The van der Waals surface area contributed by atoms with Crippen molar-refractivity contribution in [2.75, 3.05) is 13.2 Å². The molecule has 0 saturated carbocycles. The van der Waals surface area contributed by atoms with Crippen molar-refractivity contribution < 1.29 is 14.2 Å². The van der Waals surface area contributed by atoms with Gasteiger partial charge in [-0.25, -0.2) is 4.99 Å². The van der Waals surface area contributed by atoms with Crippen LogP contribution in [0.3, 0.4) is 0 Å². The maximum atomic E-state index is 8.33. The highest BCUT2D eigenvalue weighted by Gasteiger charge is 2.44. The predicted octanol–water partition coefficient (Wildman–Crippen LogP) is 3.77. The first-order valence-corrected chi connectivity index (χ1v) is 9.43. The average Bonchev–Trinajstić information content (AvgIpc) is 3.31. The molecule has 2 bridgehead atoms. The first-order chi connectivity index (χ1) is 12.7. The van der Waals surface area contributed by atoms with Gasteiger partial charge in [-0.05, 0) is 12.8 Å². The Balaban J connectivity index is 1.86. The van der Waals surface area contributed by atoms with E-state index >= 15 is 0 Å². The molecule has 0 radical (unpaired) electrons. The van der Waals surface area contributed by atoms with Crippen LogP contribution in [0.25, 0.3) is 0 Å². The van der Waals surface area contributed by atoms with Gasteiger partial charge in [0.05, 0.1) is 24.3 Å². The monoisotopic (exact) mass is 355 g/mol. The number of aliphatic imine (C=N–C) groups is 1. The maximum absolute atomic E-state index is 8.33. The van der Waals surface area contributed by atoms with Crippen LogP contribution in [0.2, 0.25) is 0 Å². The van der Waals surface area contributed by atoms with Crippen LogP contribution in [0.1, 0.15) is 74.0 Å². The summed E-state index contributed by atoms with van der Waals surface area (Å²) in [5, 5.41) is 8.33. The van der Waals surface area contributed by atoms with Crippen molar-refractivity contribution in [3.05, 3.63) is 34.4 Å². The van der Waals surface area contributed by atoms with Gasteiger partial charge in [-0.1, -0.05) is 38.8 Å². The molecule has 3 aliphatic heterocycles. The molecule has 26 heavy (non-hydrogen) atoms. The fraction of sp³-hybridized carbons (Fsp3) is 0.500. The Hall–Kier alpha value is -2.34. The first-order valence-electron chi connectivity index (χ1n) is 9.43. The van der Waals surface area contributed by atoms with Crippen LogP contribution in [0.5, 0.6) is 11.5 Å². The van der Waals surface area contributed by atoms with E-state index in [1.54, 1.807) is 0 Å². The minimum Gasteiger partial charge on any atom is -0.492 e. The molecule has 4 rings (SSSR count). The summed E-state index contributed by atoms with van der Waals surface area (Å²) in [5.41, 5.74) is 9.49. The number of unbranched alkanes of at least 4 members (excludes halogenated alkanes) is 2. The topological polar surface area (TPSA) is 89.9 Å². The number of nitrogens with zero attached hydrogens (tertiary/aromatic N) is 1. The lowest BCUT2D eigenvalue weighted by atomic mass is 9.89. The maximum Gasteiger partial charge on any atom is 0.158 e. The highest BCUT2D eigenvalue weighted by atomic mass is 16.5. The van der Waals surface area contributed by atoms with Crippen molar-refractivity contribution in [2.24, 2.45) is 10.7 Å². The molecule has 6 nitrogen and oxygen atoms in total. The molecule has 1 aromatic rings. The van der Waals surface area contributed by atoms with Crippen molar-refractivity contribution in [1.29, 1.82) is 5.41 Å². The minimum absolute atomic E-state index is 0.138. The van der Waals surface area contributed by atoms with E-state index in [1.807, 2.05) is 6.08 Å². The zero-order chi connectivity index (χ0) is 18.3. The molecule has 0 saturated heterocycles. The Labute approximate surface area is 153 Å². The minimum atomic E-state index is -0.153. The van der Waals surface area contributed by atoms with E-state index in [1.165, 1.54) is 0 Å². The van der Waals surface area contributed by atoms with Crippen molar-refractivity contribution in [3.8, 4) is 11.5 Å². The van der Waals surface area contributed by atoms with Gasteiger partial charge in [-0.15, -0.1) is 0 Å². The summed E-state index contributed by atoms with van der Waals surface area (Å²) in [6.45, 7) is 5.45. The van der Waals surface area contributed by atoms with Crippen LogP contribution in [-0.4, -0.2) is 24.9 Å². The lowest BCUT2D eigenvalue weighted by Crippen LogP contribution is -2.17. The van der Waals surface area contributed by atoms with E-state index in [2.05, 4.69) is 24.9 Å². The summed E-state index contributed by atoms with van der Waals surface area (Å²) in [4.78, 5) is 4.20. The number of hydrogen-bond donors (Lipinski definition) is 2. The number of nitrogens with two attached hydrogens (primary N) is 1. The molecule has 6 heteroatoms. The second kappa shape index (κ2) is 6.76. The number of amidine groups is 2. The van der Waals surface area contributed by atoms with Gasteiger partial charge in [0, 0.05) is 11.1 Å². The molecule has 3 aliphatic rings. The van der Waals surface area contributed by atoms with E-state index in [4.69, 9.17) is 25.4 Å². The Morgan fingerprint density at radius 1 is 1.00 bits per heavy atom. The molecule has 3 heterocycles. The Morgan fingerprint density at radius 3 is 2.08 bits per heavy atom. The quantitative estimate of drug-likeness (QED) is 0.549. The van der Waals surface area contributed by atoms with Gasteiger partial charge in [0.1, 0.15) is 29.5 Å². The van der Waals surface area contributed by atoms with E-state index in [0.29, 0.717) is 41.7 Å². The van der Waals surface area contributed by atoms with Crippen LogP contribution in [0.4, 0.5) is 0 Å². The smallest absolute Gasteiger partial charge is 0.158 e. The van der Waals surface area contributed by atoms with Crippen molar-refractivity contribution in [1.82, 2.24) is 0 Å². The second-order valence-corrected chi connectivity index (χ2v) is 6.85. The average molecular weight is 355 g/mol. The summed E-state index contributed by atoms with van der Waals surface area (Å²) in [7, 11) is 0. The van der Waals surface area contributed by atoms with Gasteiger partial charge in [0.25, 0.3) is 0 Å². The second-order valence-electron chi connectivity index (χ2n) is 6.85. The molecule has 1 aromatic carbocycles. The molecule has 0 aliphatic carbocycles. The van der Waals surface area contributed by atoms with Gasteiger partial charge >= 0.3 is 0 Å². The molecule has 0 aromatic heterocycles. The summed E-state index contributed by atoms with van der Waals surface area (Å²) in [6, 6.07) is 0. The van der Waals surface area contributed by atoms with Crippen molar-refractivity contribution in [3.63, 3.8) is 0 Å². The molecule has 0 spiro atoms. The number of benzene rings is 1. The number of nitrogens with one attached hydrogen (secondary N) is 1. The number of ether oxygens (including phenoxy) is 3. The molecule has 0 amide bonds. The van der Waals surface area contributed by atoms with Gasteiger partial charge in [0.2, 0.25) is 0 Å². The SMILES string of the molecule is CCCCOc1c2c(c(OCCCC)c3c1[C@@H]1C=C[C@H]3O1)C(N)=NC2=N. The molecule has 3 N–H and O–H groups in total. The standard InChI is InChI=1S/C20H25N3O3/c1-3-5-9-24-17-13-11-7-8-12(26-11)14(13)18(25-10-6-4-2)16-15(17)19(21)23-20(16)22/h7-8,11-12H,3-6,9-10H2,1-2H3,(H3,21,22,23)/t11-,12+. The third-order valence-corrected chi connectivity index (χ3v) is 5.02. The molecule has 0 unspecified atom stereocenters. The number of hydrogen-bond acceptors (Lipinski definition) is 5. The predicted molar refractivity (Wildman–Crippen MR) is 101 cm³/mol. The van der Waals surface area contributed by atoms with E-state index < -0.39 is 0 Å².